The monoisotopic (exact) mass is 562 g/mol. The second-order valence-electron chi connectivity index (χ2n) is 11.2. The van der Waals surface area contributed by atoms with Gasteiger partial charge in [-0.15, -0.1) is 0 Å². The molecule has 2 aliphatic heterocycles. The predicted molar refractivity (Wildman–Crippen MR) is 152 cm³/mol. The number of carboxylic acids is 1. The summed E-state index contributed by atoms with van der Waals surface area (Å²) in [5.74, 6) is 2.11. The predicted octanol–water partition coefficient (Wildman–Crippen LogP) is 5.58. The van der Waals surface area contributed by atoms with Crippen LogP contribution in [-0.4, -0.2) is 44.2 Å². The lowest BCUT2D eigenvalue weighted by molar-refractivity contribution is -0.137. The van der Waals surface area contributed by atoms with Gasteiger partial charge >= 0.3 is 5.97 Å². The van der Waals surface area contributed by atoms with Crippen molar-refractivity contribution in [2.45, 2.75) is 51.0 Å². The summed E-state index contributed by atoms with van der Waals surface area (Å²) in [6, 6.07) is 18.5. The van der Waals surface area contributed by atoms with Gasteiger partial charge in [0, 0.05) is 17.5 Å². The van der Waals surface area contributed by atoms with Crippen LogP contribution in [0.5, 0.6) is 17.2 Å². The molecule has 0 unspecified atom stereocenters. The normalized spacial score (nSPS) is 19.4. The molecule has 7 nitrogen and oxygen atoms in total. The van der Waals surface area contributed by atoms with Gasteiger partial charge in [-0.05, 0) is 90.1 Å². The molecule has 1 saturated heterocycles. The highest BCUT2D eigenvalue weighted by atomic mass is 32.2. The molecule has 6 rings (SSSR count). The van der Waals surface area contributed by atoms with Crippen LogP contribution in [-0.2, 0) is 34.1 Å². The highest BCUT2D eigenvalue weighted by Crippen LogP contribution is 2.39. The minimum absolute atomic E-state index is 0.0599. The molecule has 0 amide bonds. The maximum atomic E-state index is 11.7. The second-order valence-corrected chi connectivity index (χ2v) is 13.5. The van der Waals surface area contributed by atoms with E-state index in [1.807, 2.05) is 24.3 Å². The molecule has 0 bridgehead atoms. The third-order valence-electron chi connectivity index (χ3n) is 8.28. The average molecular weight is 563 g/mol. The first-order valence-electron chi connectivity index (χ1n) is 14.0. The third kappa shape index (κ3) is 5.97. The van der Waals surface area contributed by atoms with Crippen molar-refractivity contribution in [1.82, 2.24) is 0 Å². The number of aliphatic carboxylic acids is 1. The standard InChI is InChI=1S/C32H34O7S/c33-32(34)16-25-20-39-31-17-27(7-9-29(25)31)38-19-22-4-5-23-2-1-3-24-15-26(6-8-28(24)30(23)14-22)37-18-21-10-12-40(35,36)13-11-21/h4-9,14-15,17,21,25H,1-3,10-13,16,18-20H2,(H,33,34)/t25-/m1/s1. The Labute approximate surface area is 235 Å². The van der Waals surface area contributed by atoms with Gasteiger partial charge < -0.3 is 19.3 Å². The Morgan fingerprint density at radius 1 is 0.900 bits per heavy atom. The third-order valence-corrected chi connectivity index (χ3v) is 10.0. The van der Waals surface area contributed by atoms with Gasteiger partial charge in [0.25, 0.3) is 0 Å². The van der Waals surface area contributed by atoms with E-state index in [1.54, 1.807) is 0 Å². The van der Waals surface area contributed by atoms with Gasteiger partial charge in [-0.1, -0.05) is 24.3 Å². The van der Waals surface area contributed by atoms with Crippen molar-refractivity contribution in [2.24, 2.45) is 5.92 Å². The number of ether oxygens (including phenoxy) is 3. The van der Waals surface area contributed by atoms with Crippen molar-refractivity contribution in [3.8, 4) is 28.4 Å². The highest BCUT2D eigenvalue weighted by molar-refractivity contribution is 7.91. The Kier molecular flexibility index (Phi) is 7.45. The van der Waals surface area contributed by atoms with Crippen LogP contribution in [0.1, 0.15) is 53.9 Å². The minimum Gasteiger partial charge on any atom is -0.493 e. The van der Waals surface area contributed by atoms with E-state index >= 15 is 0 Å². The van der Waals surface area contributed by atoms with Crippen molar-refractivity contribution < 1.29 is 32.5 Å². The van der Waals surface area contributed by atoms with E-state index in [0.29, 0.717) is 44.2 Å². The van der Waals surface area contributed by atoms with Crippen LogP contribution in [0.4, 0.5) is 0 Å². The van der Waals surface area contributed by atoms with Crippen LogP contribution in [0.15, 0.2) is 54.6 Å². The summed E-state index contributed by atoms with van der Waals surface area (Å²) in [6.45, 7) is 1.35. The molecular formula is C32H34O7S. The zero-order valence-electron chi connectivity index (χ0n) is 22.4. The summed E-state index contributed by atoms with van der Waals surface area (Å²) in [5.41, 5.74) is 7.05. The lowest BCUT2D eigenvalue weighted by Gasteiger charge is -2.22. The summed E-state index contributed by atoms with van der Waals surface area (Å²) in [6.07, 6.45) is 4.47. The molecule has 0 spiro atoms. The largest absolute Gasteiger partial charge is 0.493 e. The Morgan fingerprint density at radius 3 is 2.50 bits per heavy atom. The molecule has 0 aromatic heterocycles. The van der Waals surface area contributed by atoms with Crippen molar-refractivity contribution in [3.05, 3.63) is 76.9 Å². The van der Waals surface area contributed by atoms with Gasteiger partial charge in [0.05, 0.1) is 31.1 Å². The first-order chi connectivity index (χ1) is 19.3. The lowest BCUT2D eigenvalue weighted by atomic mass is 9.95. The Morgan fingerprint density at radius 2 is 1.68 bits per heavy atom. The number of sulfone groups is 1. The van der Waals surface area contributed by atoms with Crippen molar-refractivity contribution in [3.63, 3.8) is 0 Å². The summed E-state index contributed by atoms with van der Waals surface area (Å²) in [7, 11) is -2.86. The average Bonchev–Trinajstić information content (AvgIpc) is 3.23. The maximum absolute atomic E-state index is 11.7. The van der Waals surface area contributed by atoms with Crippen molar-refractivity contribution in [2.75, 3.05) is 24.7 Å². The number of hydrogen-bond donors (Lipinski definition) is 1. The van der Waals surface area contributed by atoms with E-state index in [2.05, 4.69) is 30.3 Å². The van der Waals surface area contributed by atoms with Crippen molar-refractivity contribution >= 4 is 15.8 Å². The molecule has 210 valence electrons. The number of carbonyl (C=O) groups is 1. The first-order valence-corrected chi connectivity index (χ1v) is 15.8. The molecule has 0 saturated carbocycles. The zero-order chi connectivity index (χ0) is 27.7. The quantitative estimate of drug-likeness (QED) is 0.383. The number of hydrogen-bond acceptors (Lipinski definition) is 6. The molecule has 0 radical (unpaired) electrons. The number of carboxylic acid groups (broad SMARTS) is 1. The summed E-state index contributed by atoms with van der Waals surface area (Å²) >= 11 is 0. The van der Waals surface area contributed by atoms with Gasteiger partial charge in [-0.3, -0.25) is 4.79 Å². The second kappa shape index (κ2) is 11.2. The van der Waals surface area contributed by atoms with Crippen LogP contribution >= 0.6 is 0 Å². The molecule has 1 atom stereocenters. The zero-order valence-corrected chi connectivity index (χ0v) is 23.3. The number of aryl methyl sites for hydroxylation is 2. The summed E-state index contributed by atoms with van der Waals surface area (Å²) < 4.78 is 41.4. The maximum Gasteiger partial charge on any atom is 0.304 e. The van der Waals surface area contributed by atoms with Crippen LogP contribution in [0, 0.1) is 5.92 Å². The molecule has 40 heavy (non-hydrogen) atoms. The molecule has 1 aliphatic carbocycles. The lowest BCUT2D eigenvalue weighted by Crippen LogP contribution is -2.26. The first kappa shape index (κ1) is 26.7. The van der Waals surface area contributed by atoms with Crippen LogP contribution in [0.3, 0.4) is 0 Å². The van der Waals surface area contributed by atoms with E-state index in [9.17, 15) is 13.2 Å². The Bertz CT molecular complexity index is 1510. The molecule has 8 heteroatoms. The van der Waals surface area contributed by atoms with E-state index in [4.69, 9.17) is 19.3 Å². The molecule has 1 N–H and O–H groups in total. The van der Waals surface area contributed by atoms with Crippen molar-refractivity contribution in [1.29, 1.82) is 0 Å². The van der Waals surface area contributed by atoms with Crippen LogP contribution in [0.25, 0.3) is 11.1 Å². The van der Waals surface area contributed by atoms with Gasteiger partial charge in [-0.25, -0.2) is 8.42 Å². The van der Waals surface area contributed by atoms with Crippen LogP contribution in [0.2, 0.25) is 0 Å². The number of fused-ring (bicyclic) bond motifs is 4. The Balaban J connectivity index is 1.13. The number of rotatable bonds is 8. The van der Waals surface area contributed by atoms with E-state index < -0.39 is 15.8 Å². The highest BCUT2D eigenvalue weighted by Gasteiger charge is 2.27. The van der Waals surface area contributed by atoms with E-state index in [0.717, 1.165) is 36.1 Å². The molecule has 3 aromatic carbocycles. The molecule has 1 fully saturated rings. The molecule has 2 heterocycles. The van der Waals surface area contributed by atoms with Crippen LogP contribution < -0.4 is 14.2 Å². The topological polar surface area (TPSA) is 99.1 Å². The summed E-state index contributed by atoms with van der Waals surface area (Å²) in [4.78, 5) is 11.1. The van der Waals surface area contributed by atoms with Gasteiger partial charge in [-0.2, -0.15) is 0 Å². The fraction of sp³-hybridized carbons (Fsp3) is 0.406. The van der Waals surface area contributed by atoms with Gasteiger partial charge in [0.15, 0.2) is 0 Å². The van der Waals surface area contributed by atoms with E-state index in [1.165, 1.54) is 22.3 Å². The van der Waals surface area contributed by atoms with Gasteiger partial charge in [0.2, 0.25) is 0 Å². The Hall–Kier alpha value is -3.52. The molecular weight excluding hydrogens is 528 g/mol. The van der Waals surface area contributed by atoms with Gasteiger partial charge in [0.1, 0.15) is 33.7 Å². The fourth-order valence-electron chi connectivity index (χ4n) is 5.99. The SMILES string of the molecule is O=C(O)C[C@@H]1COc2cc(OCc3ccc4c(c3)-c3ccc(OCC5CCS(=O)(=O)CC5)cc3CCC4)ccc21. The molecule has 3 aliphatic rings. The smallest absolute Gasteiger partial charge is 0.304 e. The summed E-state index contributed by atoms with van der Waals surface area (Å²) in [5, 5.41) is 9.13. The fourth-order valence-corrected chi connectivity index (χ4v) is 7.58. The van der Waals surface area contributed by atoms with E-state index in [-0.39, 0.29) is 29.8 Å². The minimum atomic E-state index is -2.86. The molecule has 3 aromatic rings. The number of benzene rings is 3.